The van der Waals surface area contributed by atoms with Gasteiger partial charge in [0, 0.05) is 30.2 Å². The Hall–Kier alpha value is -1.74. The summed E-state index contributed by atoms with van der Waals surface area (Å²) in [5, 5.41) is 0. The molecule has 0 saturated heterocycles. The molecule has 0 atom stereocenters. The zero-order chi connectivity index (χ0) is 10.7. The van der Waals surface area contributed by atoms with Crippen LogP contribution in [0.5, 0.6) is 0 Å². The van der Waals surface area contributed by atoms with Crippen LogP contribution < -0.4 is 5.73 Å². The lowest BCUT2D eigenvalue weighted by molar-refractivity contribution is 1.01. The van der Waals surface area contributed by atoms with Crippen molar-refractivity contribution in [1.82, 2.24) is 9.97 Å². The van der Waals surface area contributed by atoms with E-state index in [0.29, 0.717) is 6.54 Å². The molecule has 0 aliphatic carbocycles. The third kappa shape index (κ3) is 2.02. The van der Waals surface area contributed by atoms with Gasteiger partial charge in [-0.1, -0.05) is 6.07 Å². The van der Waals surface area contributed by atoms with Gasteiger partial charge >= 0.3 is 0 Å². The van der Waals surface area contributed by atoms with E-state index in [1.54, 1.807) is 6.20 Å². The fraction of sp³-hybridized carbons (Fsp3) is 0.167. The summed E-state index contributed by atoms with van der Waals surface area (Å²) in [6.07, 6.45) is 3.56. The first-order valence-electron chi connectivity index (χ1n) is 4.88. The van der Waals surface area contributed by atoms with Crippen LogP contribution in [0.4, 0.5) is 0 Å². The van der Waals surface area contributed by atoms with E-state index in [2.05, 4.69) is 9.97 Å². The number of nitrogens with zero attached hydrogens (tertiary/aromatic N) is 2. The summed E-state index contributed by atoms with van der Waals surface area (Å²) in [6, 6.07) is 7.90. The first-order chi connectivity index (χ1) is 7.31. The Labute approximate surface area is 89.0 Å². The maximum Gasteiger partial charge on any atom is 0.0720 e. The second-order valence-corrected chi connectivity index (χ2v) is 3.39. The summed E-state index contributed by atoms with van der Waals surface area (Å²) >= 11 is 0. The zero-order valence-electron chi connectivity index (χ0n) is 8.64. The van der Waals surface area contributed by atoms with Crippen LogP contribution in [0.3, 0.4) is 0 Å². The molecule has 2 rings (SSSR count). The zero-order valence-corrected chi connectivity index (χ0v) is 8.64. The summed E-state index contributed by atoms with van der Waals surface area (Å²) < 4.78 is 0. The Morgan fingerprint density at radius 1 is 1.27 bits per heavy atom. The molecule has 3 heteroatoms. The van der Waals surface area contributed by atoms with Gasteiger partial charge in [-0.3, -0.25) is 9.97 Å². The normalized spacial score (nSPS) is 10.3. The number of hydrogen-bond acceptors (Lipinski definition) is 3. The molecule has 0 bridgehead atoms. The number of hydrogen-bond donors (Lipinski definition) is 1. The van der Waals surface area contributed by atoms with E-state index < -0.39 is 0 Å². The SMILES string of the molecule is Cc1nc(-c2cccnc2)ccc1CN. The van der Waals surface area contributed by atoms with Crippen molar-refractivity contribution in [1.29, 1.82) is 0 Å². The lowest BCUT2D eigenvalue weighted by Crippen LogP contribution is -2.01. The molecule has 0 aliphatic heterocycles. The van der Waals surface area contributed by atoms with Crippen LogP contribution >= 0.6 is 0 Å². The number of aromatic nitrogens is 2. The molecule has 2 aromatic rings. The van der Waals surface area contributed by atoms with Gasteiger partial charge in [0.25, 0.3) is 0 Å². The quantitative estimate of drug-likeness (QED) is 0.803. The lowest BCUT2D eigenvalue weighted by atomic mass is 10.1. The Morgan fingerprint density at radius 2 is 2.13 bits per heavy atom. The fourth-order valence-electron chi connectivity index (χ4n) is 1.48. The monoisotopic (exact) mass is 199 g/mol. The molecule has 0 spiro atoms. The topological polar surface area (TPSA) is 51.8 Å². The summed E-state index contributed by atoms with van der Waals surface area (Å²) in [5.74, 6) is 0. The van der Waals surface area contributed by atoms with E-state index >= 15 is 0 Å². The van der Waals surface area contributed by atoms with Crippen molar-refractivity contribution in [3.05, 3.63) is 47.9 Å². The molecular weight excluding hydrogens is 186 g/mol. The van der Waals surface area contributed by atoms with Crippen molar-refractivity contribution in [2.24, 2.45) is 5.73 Å². The Bertz CT molecular complexity index is 452. The average molecular weight is 199 g/mol. The highest BCUT2D eigenvalue weighted by atomic mass is 14.7. The molecule has 2 N–H and O–H groups in total. The molecule has 0 radical (unpaired) electrons. The predicted octanol–water partition coefficient (Wildman–Crippen LogP) is 1.91. The van der Waals surface area contributed by atoms with Crippen LogP contribution in [0.15, 0.2) is 36.7 Å². The molecule has 76 valence electrons. The molecule has 2 heterocycles. The lowest BCUT2D eigenvalue weighted by Gasteiger charge is -2.05. The fourth-order valence-corrected chi connectivity index (χ4v) is 1.48. The number of nitrogens with two attached hydrogens (primary N) is 1. The molecular formula is C12H13N3. The van der Waals surface area contributed by atoms with Crippen molar-refractivity contribution >= 4 is 0 Å². The molecule has 3 nitrogen and oxygen atoms in total. The van der Waals surface area contributed by atoms with E-state index in [1.807, 2.05) is 37.4 Å². The van der Waals surface area contributed by atoms with E-state index in [1.165, 1.54) is 0 Å². The predicted molar refractivity (Wildman–Crippen MR) is 60.1 cm³/mol. The van der Waals surface area contributed by atoms with Gasteiger partial charge < -0.3 is 5.73 Å². The van der Waals surface area contributed by atoms with Gasteiger partial charge in [-0.15, -0.1) is 0 Å². The molecule has 15 heavy (non-hydrogen) atoms. The summed E-state index contributed by atoms with van der Waals surface area (Å²) in [7, 11) is 0. The molecule has 0 aromatic carbocycles. The van der Waals surface area contributed by atoms with Gasteiger partial charge in [-0.05, 0) is 30.7 Å². The Kier molecular flexibility index (Phi) is 2.74. The van der Waals surface area contributed by atoms with Gasteiger partial charge in [0.2, 0.25) is 0 Å². The van der Waals surface area contributed by atoms with Crippen molar-refractivity contribution in [2.45, 2.75) is 13.5 Å². The van der Waals surface area contributed by atoms with E-state index in [9.17, 15) is 0 Å². The van der Waals surface area contributed by atoms with E-state index in [4.69, 9.17) is 5.73 Å². The molecule has 0 fully saturated rings. The largest absolute Gasteiger partial charge is 0.326 e. The smallest absolute Gasteiger partial charge is 0.0720 e. The summed E-state index contributed by atoms with van der Waals surface area (Å²) in [4.78, 5) is 8.56. The Balaban J connectivity index is 2.43. The third-order valence-electron chi connectivity index (χ3n) is 2.37. The van der Waals surface area contributed by atoms with Crippen molar-refractivity contribution in [2.75, 3.05) is 0 Å². The molecule has 0 unspecified atom stereocenters. The number of rotatable bonds is 2. The maximum atomic E-state index is 5.59. The van der Waals surface area contributed by atoms with Crippen LogP contribution in [-0.2, 0) is 6.54 Å². The Morgan fingerprint density at radius 3 is 2.73 bits per heavy atom. The standard InChI is InChI=1S/C12H13N3/c1-9-10(7-13)4-5-12(15-9)11-3-2-6-14-8-11/h2-6,8H,7,13H2,1H3. The highest BCUT2D eigenvalue weighted by Gasteiger charge is 2.02. The highest BCUT2D eigenvalue weighted by Crippen LogP contribution is 2.17. The maximum absolute atomic E-state index is 5.59. The molecule has 0 aliphatic rings. The summed E-state index contributed by atoms with van der Waals surface area (Å²) in [6.45, 7) is 2.51. The second-order valence-electron chi connectivity index (χ2n) is 3.39. The van der Waals surface area contributed by atoms with Crippen molar-refractivity contribution < 1.29 is 0 Å². The first-order valence-corrected chi connectivity index (χ1v) is 4.88. The average Bonchev–Trinajstić information content (AvgIpc) is 2.30. The number of aryl methyl sites for hydroxylation is 1. The van der Waals surface area contributed by atoms with Crippen molar-refractivity contribution in [3.8, 4) is 11.3 Å². The molecule has 0 saturated carbocycles. The van der Waals surface area contributed by atoms with E-state index in [-0.39, 0.29) is 0 Å². The number of pyridine rings is 2. The van der Waals surface area contributed by atoms with Gasteiger partial charge in [0.15, 0.2) is 0 Å². The van der Waals surface area contributed by atoms with Crippen LogP contribution in [0.1, 0.15) is 11.3 Å². The second kappa shape index (κ2) is 4.19. The summed E-state index contributed by atoms with van der Waals surface area (Å²) in [5.41, 5.74) is 9.63. The molecule has 2 aromatic heterocycles. The minimum Gasteiger partial charge on any atom is -0.326 e. The van der Waals surface area contributed by atoms with Crippen LogP contribution in [-0.4, -0.2) is 9.97 Å². The van der Waals surface area contributed by atoms with Gasteiger partial charge in [-0.2, -0.15) is 0 Å². The molecule has 0 amide bonds. The van der Waals surface area contributed by atoms with Gasteiger partial charge in [0.05, 0.1) is 5.69 Å². The minimum atomic E-state index is 0.534. The van der Waals surface area contributed by atoms with Gasteiger partial charge in [0.1, 0.15) is 0 Å². The van der Waals surface area contributed by atoms with E-state index in [0.717, 1.165) is 22.5 Å². The first kappa shape index (κ1) is 9.80. The van der Waals surface area contributed by atoms with Crippen molar-refractivity contribution in [3.63, 3.8) is 0 Å². The van der Waals surface area contributed by atoms with Crippen LogP contribution in [0.2, 0.25) is 0 Å². The third-order valence-corrected chi connectivity index (χ3v) is 2.37. The van der Waals surface area contributed by atoms with Crippen LogP contribution in [0, 0.1) is 6.92 Å². The minimum absolute atomic E-state index is 0.534. The van der Waals surface area contributed by atoms with Gasteiger partial charge in [-0.25, -0.2) is 0 Å². The highest BCUT2D eigenvalue weighted by molar-refractivity contribution is 5.58. The van der Waals surface area contributed by atoms with Crippen LogP contribution in [0.25, 0.3) is 11.3 Å².